The Morgan fingerprint density at radius 1 is 1.38 bits per heavy atom. The summed E-state index contributed by atoms with van der Waals surface area (Å²) >= 11 is 0. The molecule has 1 aliphatic heterocycles. The number of rotatable bonds is 8. The van der Waals surface area contributed by atoms with Gasteiger partial charge in [0.25, 0.3) is 0 Å². The third-order valence-electron chi connectivity index (χ3n) is 5.09. The van der Waals surface area contributed by atoms with Crippen LogP contribution in [0.1, 0.15) is 44.4 Å². The van der Waals surface area contributed by atoms with Crippen molar-refractivity contribution in [2.45, 2.75) is 44.7 Å². The fraction of sp³-hybridized carbons (Fsp3) is 0.737. The molecule has 150 valence electrons. The second kappa shape index (κ2) is 12.6. The summed E-state index contributed by atoms with van der Waals surface area (Å²) in [6, 6.07) is 4.88. The van der Waals surface area contributed by atoms with E-state index in [-0.39, 0.29) is 30.0 Å². The molecule has 2 rings (SSSR count). The Morgan fingerprint density at radius 2 is 2.19 bits per heavy atom. The van der Waals surface area contributed by atoms with E-state index < -0.39 is 0 Å². The van der Waals surface area contributed by atoms with Crippen LogP contribution in [0.5, 0.6) is 0 Å². The zero-order chi connectivity index (χ0) is 18.1. The fourth-order valence-electron chi connectivity index (χ4n) is 3.57. The van der Waals surface area contributed by atoms with Crippen LogP contribution in [0.25, 0.3) is 0 Å². The van der Waals surface area contributed by atoms with Crippen molar-refractivity contribution in [2.24, 2.45) is 4.99 Å². The maximum absolute atomic E-state index is 5.56. The smallest absolute Gasteiger partial charge is 0.191 e. The number of guanidine groups is 1. The monoisotopic (exact) mass is 477 g/mol. The summed E-state index contributed by atoms with van der Waals surface area (Å²) in [5.74, 6) is 1.82. The van der Waals surface area contributed by atoms with Crippen molar-refractivity contribution in [3.63, 3.8) is 0 Å². The fourth-order valence-corrected chi connectivity index (χ4v) is 3.57. The molecule has 0 aliphatic carbocycles. The van der Waals surface area contributed by atoms with E-state index in [0.717, 1.165) is 37.4 Å². The second-order valence-corrected chi connectivity index (χ2v) is 6.97. The van der Waals surface area contributed by atoms with Crippen LogP contribution in [0, 0.1) is 0 Å². The number of piperidine rings is 1. The van der Waals surface area contributed by atoms with Crippen LogP contribution in [-0.2, 0) is 0 Å². The van der Waals surface area contributed by atoms with Gasteiger partial charge >= 0.3 is 0 Å². The van der Waals surface area contributed by atoms with Gasteiger partial charge in [0.1, 0.15) is 5.76 Å². The van der Waals surface area contributed by atoms with Crippen molar-refractivity contribution in [3.8, 4) is 0 Å². The molecule has 2 N–H and O–H groups in total. The van der Waals surface area contributed by atoms with E-state index in [1.165, 1.54) is 32.2 Å². The first kappa shape index (κ1) is 23.2. The Labute approximate surface area is 175 Å². The van der Waals surface area contributed by atoms with Gasteiger partial charge in [0, 0.05) is 32.7 Å². The molecule has 1 fully saturated rings. The Bertz CT molecular complexity index is 506. The highest BCUT2D eigenvalue weighted by Gasteiger charge is 2.20. The highest BCUT2D eigenvalue weighted by molar-refractivity contribution is 14.0. The van der Waals surface area contributed by atoms with Crippen LogP contribution in [0.3, 0.4) is 0 Å². The number of furan rings is 1. The van der Waals surface area contributed by atoms with E-state index in [4.69, 9.17) is 4.42 Å². The summed E-state index contributed by atoms with van der Waals surface area (Å²) in [5, 5.41) is 6.87. The van der Waals surface area contributed by atoms with Crippen LogP contribution < -0.4 is 10.6 Å². The quantitative estimate of drug-likeness (QED) is 0.343. The summed E-state index contributed by atoms with van der Waals surface area (Å²) in [6.45, 7) is 6.28. The van der Waals surface area contributed by atoms with Gasteiger partial charge in [-0.2, -0.15) is 0 Å². The van der Waals surface area contributed by atoms with Gasteiger partial charge < -0.3 is 15.1 Å². The molecule has 0 bridgehead atoms. The molecule has 1 saturated heterocycles. The lowest BCUT2D eigenvalue weighted by Crippen LogP contribution is -2.47. The Kier molecular flexibility index (Phi) is 11.2. The third kappa shape index (κ3) is 7.08. The second-order valence-electron chi connectivity index (χ2n) is 6.97. The van der Waals surface area contributed by atoms with Crippen molar-refractivity contribution in [1.82, 2.24) is 20.4 Å². The summed E-state index contributed by atoms with van der Waals surface area (Å²) in [5.41, 5.74) is 0. The van der Waals surface area contributed by atoms with Gasteiger partial charge in [-0.15, -0.1) is 24.0 Å². The summed E-state index contributed by atoms with van der Waals surface area (Å²) < 4.78 is 5.56. The molecule has 0 spiro atoms. The van der Waals surface area contributed by atoms with Crippen LogP contribution >= 0.6 is 24.0 Å². The van der Waals surface area contributed by atoms with Gasteiger partial charge in [-0.05, 0) is 52.0 Å². The van der Waals surface area contributed by atoms with E-state index in [1.807, 2.05) is 19.2 Å². The average molecular weight is 477 g/mol. The predicted octanol–water partition coefficient (Wildman–Crippen LogP) is 2.93. The van der Waals surface area contributed by atoms with Crippen LogP contribution in [0.15, 0.2) is 27.8 Å². The molecule has 0 amide bonds. The van der Waals surface area contributed by atoms with Crippen LogP contribution in [0.2, 0.25) is 0 Å². The average Bonchev–Trinajstić information content (AvgIpc) is 3.14. The third-order valence-corrected chi connectivity index (χ3v) is 5.09. The molecule has 2 unspecified atom stereocenters. The normalized spacial score (nSPS) is 19.9. The molecule has 2 atom stereocenters. The number of hydrogen-bond donors (Lipinski definition) is 2. The molecule has 1 aromatic rings. The van der Waals surface area contributed by atoms with Gasteiger partial charge in [-0.3, -0.25) is 14.8 Å². The molecule has 1 aromatic heterocycles. The molecule has 7 heteroatoms. The van der Waals surface area contributed by atoms with Crippen molar-refractivity contribution >= 4 is 29.9 Å². The van der Waals surface area contributed by atoms with Gasteiger partial charge in [-0.25, -0.2) is 0 Å². The number of halogens is 1. The first-order chi connectivity index (χ1) is 12.2. The first-order valence-corrected chi connectivity index (χ1v) is 9.54. The lowest BCUT2D eigenvalue weighted by molar-refractivity contribution is 0.147. The standard InChI is InChI=1S/C19H35N5O.HI/c1-5-16-9-6-7-12-24(16)13-11-21-19(20-2)22-15-17(23(3)4)18-10-8-14-25-18;/h8,10,14,16-17H,5-7,9,11-13,15H2,1-4H3,(H2,20,21,22);1H. The van der Waals surface area contributed by atoms with Crippen molar-refractivity contribution < 1.29 is 4.42 Å². The van der Waals surface area contributed by atoms with Crippen molar-refractivity contribution in [1.29, 1.82) is 0 Å². The van der Waals surface area contributed by atoms with Crippen molar-refractivity contribution in [2.75, 3.05) is 47.3 Å². The van der Waals surface area contributed by atoms with Crippen molar-refractivity contribution in [3.05, 3.63) is 24.2 Å². The summed E-state index contributed by atoms with van der Waals surface area (Å²) in [7, 11) is 5.95. The van der Waals surface area contributed by atoms with E-state index in [2.05, 4.69) is 46.4 Å². The SMILES string of the molecule is CCC1CCCCN1CCNC(=NC)NCC(c1ccco1)N(C)C.I. The highest BCUT2D eigenvalue weighted by atomic mass is 127. The zero-order valence-corrected chi connectivity index (χ0v) is 19.0. The number of aliphatic imine (C=N–C) groups is 1. The Morgan fingerprint density at radius 3 is 2.81 bits per heavy atom. The maximum atomic E-state index is 5.56. The zero-order valence-electron chi connectivity index (χ0n) is 16.7. The molecule has 0 saturated carbocycles. The summed E-state index contributed by atoms with van der Waals surface area (Å²) in [6.07, 6.45) is 7.03. The predicted molar refractivity (Wildman–Crippen MR) is 119 cm³/mol. The molecule has 26 heavy (non-hydrogen) atoms. The van der Waals surface area contributed by atoms with Crippen LogP contribution in [-0.4, -0.2) is 69.1 Å². The number of nitrogens with one attached hydrogen (secondary N) is 2. The summed E-state index contributed by atoms with van der Waals surface area (Å²) in [4.78, 5) is 9.12. The molecule has 0 radical (unpaired) electrons. The van der Waals surface area contributed by atoms with E-state index in [1.54, 1.807) is 6.26 Å². The van der Waals surface area contributed by atoms with E-state index in [9.17, 15) is 0 Å². The van der Waals surface area contributed by atoms with Gasteiger partial charge in [0.15, 0.2) is 5.96 Å². The molecular weight excluding hydrogens is 441 g/mol. The number of hydrogen-bond acceptors (Lipinski definition) is 4. The van der Waals surface area contributed by atoms with E-state index >= 15 is 0 Å². The minimum atomic E-state index is 0. The van der Waals surface area contributed by atoms with Gasteiger partial charge in [0.05, 0.1) is 12.3 Å². The highest BCUT2D eigenvalue weighted by Crippen LogP contribution is 2.19. The minimum absolute atomic E-state index is 0. The maximum Gasteiger partial charge on any atom is 0.191 e. The Balaban J connectivity index is 0.00000338. The first-order valence-electron chi connectivity index (χ1n) is 9.54. The minimum Gasteiger partial charge on any atom is -0.468 e. The van der Waals surface area contributed by atoms with E-state index in [0.29, 0.717) is 0 Å². The Hall–Kier alpha value is -0.800. The molecule has 6 nitrogen and oxygen atoms in total. The lowest BCUT2D eigenvalue weighted by Gasteiger charge is -2.35. The molecule has 1 aliphatic rings. The number of likely N-dealkylation sites (N-methyl/N-ethyl adjacent to an activating group) is 1. The molecular formula is C19H36IN5O. The number of nitrogens with zero attached hydrogens (tertiary/aromatic N) is 3. The lowest BCUT2D eigenvalue weighted by atomic mass is 10.0. The topological polar surface area (TPSA) is 56.0 Å². The van der Waals surface area contributed by atoms with Crippen LogP contribution in [0.4, 0.5) is 0 Å². The van der Waals surface area contributed by atoms with Gasteiger partial charge in [0.2, 0.25) is 0 Å². The van der Waals surface area contributed by atoms with Gasteiger partial charge in [-0.1, -0.05) is 13.3 Å². The number of likely N-dealkylation sites (tertiary alicyclic amines) is 1. The molecule has 0 aromatic carbocycles. The largest absolute Gasteiger partial charge is 0.468 e. The molecule has 2 heterocycles.